The van der Waals surface area contributed by atoms with Crippen LogP contribution in [0.15, 0.2) is 59.7 Å². The number of ether oxygens (including phenoxy) is 2. The van der Waals surface area contributed by atoms with Crippen LogP contribution in [0.2, 0.25) is 0 Å². The molecule has 13 nitrogen and oxygen atoms in total. The zero-order valence-corrected chi connectivity index (χ0v) is 23.2. The van der Waals surface area contributed by atoms with Gasteiger partial charge in [-0.15, -0.1) is 0 Å². The van der Waals surface area contributed by atoms with E-state index < -0.39 is 40.4 Å². The average molecular weight is 590 g/mol. The Hall–Kier alpha value is -5.11. The van der Waals surface area contributed by atoms with Gasteiger partial charge in [0.1, 0.15) is 36.0 Å². The lowest BCUT2D eigenvalue weighted by Crippen LogP contribution is -2.47. The SMILES string of the molecule is Cc1ncnn1-c1cc(F)ccc1CNC(=O)c1nc2n(c(=O)c1O)CCOC21CCN(C(=O)OCc2ccccc2)C1. The van der Waals surface area contributed by atoms with Gasteiger partial charge in [-0.1, -0.05) is 36.4 Å². The Morgan fingerprint density at radius 3 is 2.77 bits per heavy atom. The van der Waals surface area contributed by atoms with Crippen molar-refractivity contribution in [1.82, 2.24) is 34.5 Å². The smallest absolute Gasteiger partial charge is 0.410 e. The monoisotopic (exact) mass is 589 g/mol. The molecule has 14 heteroatoms. The molecule has 0 radical (unpaired) electrons. The van der Waals surface area contributed by atoms with Gasteiger partial charge in [0.2, 0.25) is 5.75 Å². The number of aromatic hydroxyl groups is 1. The fourth-order valence-corrected chi connectivity index (χ4v) is 5.38. The summed E-state index contributed by atoms with van der Waals surface area (Å²) < 4.78 is 28.3. The van der Waals surface area contributed by atoms with Crippen molar-refractivity contribution in [1.29, 1.82) is 0 Å². The van der Waals surface area contributed by atoms with Crippen LogP contribution in [0.4, 0.5) is 9.18 Å². The Morgan fingerprint density at radius 2 is 2.00 bits per heavy atom. The van der Waals surface area contributed by atoms with E-state index in [9.17, 15) is 23.9 Å². The van der Waals surface area contributed by atoms with Gasteiger partial charge in [-0.25, -0.2) is 23.8 Å². The van der Waals surface area contributed by atoms with Crippen LogP contribution in [-0.4, -0.2) is 66.0 Å². The van der Waals surface area contributed by atoms with E-state index in [-0.39, 0.29) is 45.2 Å². The topological polar surface area (TPSA) is 154 Å². The van der Waals surface area contributed by atoms with Crippen molar-refractivity contribution in [2.45, 2.75) is 38.6 Å². The van der Waals surface area contributed by atoms with Gasteiger partial charge < -0.3 is 24.8 Å². The molecule has 1 atom stereocenters. The molecule has 6 rings (SSSR count). The molecule has 2 aromatic heterocycles. The van der Waals surface area contributed by atoms with Gasteiger partial charge in [0.25, 0.3) is 11.5 Å². The standard InChI is InChI=1S/C29H28FN7O6/c1-18-32-17-33-37(18)22-13-21(30)8-7-20(22)14-31-25(39)23-24(38)26(40)36-11-12-43-29(27(36)34-23)9-10-35(16-29)28(41)42-15-19-5-3-2-4-6-19/h2-8,13,17,38H,9-12,14-16H2,1H3,(H,31,39). The molecule has 1 fully saturated rings. The number of fused-ring (bicyclic) bond motifs is 2. The van der Waals surface area contributed by atoms with Gasteiger partial charge in [0, 0.05) is 19.5 Å². The second-order valence-electron chi connectivity index (χ2n) is 10.3. The number of aryl methyl sites for hydroxylation is 1. The third-order valence-corrected chi connectivity index (χ3v) is 7.59. The van der Waals surface area contributed by atoms with Gasteiger partial charge >= 0.3 is 6.09 Å². The number of carbonyl (C=O) groups excluding carboxylic acids is 2. The van der Waals surface area contributed by atoms with E-state index in [4.69, 9.17) is 9.47 Å². The van der Waals surface area contributed by atoms with Crippen molar-refractivity contribution in [2.75, 3.05) is 19.7 Å². The first kappa shape index (κ1) is 28.0. The summed E-state index contributed by atoms with van der Waals surface area (Å²) in [7, 11) is 0. The van der Waals surface area contributed by atoms with Crippen molar-refractivity contribution in [3.05, 3.63) is 99.5 Å². The van der Waals surface area contributed by atoms with Crippen LogP contribution in [0.3, 0.4) is 0 Å². The zero-order chi connectivity index (χ0) is 30.1. The van der Waals surface area contributed by atoms with Crippen LogP contribution in [0.25, 0.3) is 5.69 Å². The molecule has 0 aliphatic carbocycles. The Kier molecular flexibility index (Phi) is 7.36. The summed E-state index contributed by atoms with van der Waals surface area (Å²) in [5.74, 6) is -1.46. The third-order valence-electron chi connectivity index (χ3n) is 7.59. The van der Waals surface area contributed by atoms with Gasteiger partial charge in [-0.3, -0.25) is 14.2 Å². The van der Waals surface area contributed by atoms with Crippen molar-refractivity contribution in [2.24, 2.45) is 0 Å². The Bertz CT molecular complexity index is 1760. The van der Waals surface area contributed by atoms with Crippen LogP contribution in [0.5, 0.6) is 5.75 Å². The predicted molar refractivity (Wildman–Crippen MR) is 148 cm³/mol. The van der Waals surface area contributed by atoms with Crippen LogP contribution >= 0.6 is 0 Å². The molecule has 2 amide bonds. The highest BCUT2D eigenvalue weighted by Crippen LogP contribution is 2.37. The van der Waals surface area contributed by atoms with E-state index in [0.717, 1.165) is 5.56 Å². The molecule has 2 N–H and O–H groups in total. The number of likely N-dealkylation sites (tertiary alicyclic amines) is 1. The number of benzene rings is 2. The van der Waals surface area contributed by atoms with Crippen molar-refractivity contribution in [3.8, 4) is 11.4 Å². The van der Waals surface area contributed by atoms with Crippen LogP contribution < -0.4 is 10.9 Å². The highest BCUT2D eigenvalue weighted by molar-refractivity contribution is 5.94. The summed E-state index contributed by atoms with van der Waals surface area (Å²) >= 11 is 0. The minimum absolute atomic E-state index is 0.0507. The maximum absolute atomic E-state index is 14.1. The van der Waals surface area contributed by atoms with Crippen LogP contribution in [-0.2, 0) is 34.8 Å². The van der Waals surface area contributed by atoms with Gasteiger partial charge in [-0.2, -0.15) is 5.10 Å². The van der Waals surface area contributed by atoms with Gasteiger partial charge in [0.05, 0.1) is 25.4 Å². The van der Waals surface area contributed by atoms with E-state index in [2.05, 4.69) is 20.4 Å². The molecule has 1 unspecified atom stereocenters. The molecular weight excluding hydrogens is 561 g/mol. The number of aromatic nitrogens is 5. The van der Waals surface area contributed by atoms with Crippen LogP contribution in [0.1, 0.15) is 39.7 Å². The molecule has 4 heterocycles. The number of nitrogens with zero attached hydrogens (tertiary/aromatic N) is 6. The van der Waals surface area contributed by atoms with E-state index >= 15 is 0 Å². The minimum Gasteiger partial charge on any atom is -0.501 e. The van der Waals surface area contributed by atoms with E-state index in [1.165, 1.54) is 38.7 Å². The molecule has 43 heavy (non-hydrogen) atoms. The summed E-state index contributed by atoms with van der Waals surface area (Å²) in [4.78, 5) is 49.3. The first-order chi connectivity index (χ1) is 20.8. The first-order valence-corrected chi connectivity index (χ1v) is 13.6. The lowest BCUT2D eigenvalue weighted by Gasteiger charge is -2.35. The first-order valence-electron chi connectivity index (χ1n) is 13.6. The van der Waals surface area contributed by atoms with Crippen LogP contribution in [0, 0.1) is 12.7 Å². The summed E-state index contributed by atoms with van der Waals surface area (Å²) in [6, 6.07) is 13.3. The van der Waals surface area contributed by atoms with Gasteiger partial charge in [-0.05, 0) is 30.2 Å². The number of carbonyl (C=O) groups is 2. The normalized spacial score (nSPS) is 17.6. The average Bonchev–Trinajstić information content (AvgIpc) is 3.64. The van der Waals surface area contributed by atoms with Crippen molar-refractivity contribution >= 4 is 12.0 Å². The van der Waals surface area contributed by atoms with Crippen molar-refractivity contribution in [3.63, 3.8) is 0 Å². The molecule has 1 spiro atoms. The van der Waals surface area contributed by atoms with E-state index in [1.807, 2.05) is 30.3 Å². The predicted octanol–water partition coefficient (Wildman–Crippen LogP) is 2.18. The molecule has 222 valence electrons. The highest BCUT2D eigenvalue weighted by Gasteiger charge is 2.48. The highest BCUT2D eigenvalue weighted by atomic mass is 19.1. The quantitative estimate of drug-likeness (QED) is 0.344. The third kappa shape index (κ3) is 5.32. The van der Waals surface area contributed by atoms with E-state index in [1.54, 1.807) is 6.92 Å². The largest absolute Gasteiger partial charge is 0.501 e. The summed E-state index contributed by atoms with van der Waals surface area (Å²) in [6.07, 6.45) is 1.09. The number of hydrogen-bond donors (Lipinski definition) is 2. The molecule has 0 saturated carbocycles. The molecule has 1 saturated heterocycles. The fraction of sp³-hybridized carbons (Fsp3) is 0.310. The van der Waals surface area contributed by atoms with Crippen molar-refractivity contribution < 1.29 is 28.6 Å². The molecular formula is C29H28FN7O6. The molecule has 0 bridgehead atoms. The summed E-state index contributed by atoms with van der Waals surface area (Å²) in [5.41, 5.74) is -0.711. The maximum Gasteiger partial charge on any atom is 0.410 e. The Morgan fingerprint density at radius 1 is 1.19 bits per heavy atom. The lowest BCUT2D eigenvalue weighted by atomic mass is 9.99. The Balaban J connectivity index is 1.23. The number of nitrogens with one attached hydrogen (secondary N) is 1. The zero-order valence-electron chi connectivity index (χ0n) is 23.2. The summed E-state index contributed by atoms with van der Waals surface area (Å²) in [6.45, 7) is 2.32. The second kappa shape index (κ2) is 11.3. The number of halogens is 1. The minimum atomic E-state index is -1.17. The Labute approximate surface area is 244 Å². The maximum atomic E-state index is 14.1. The lowest BCUT2D eigenvalue weighted by molar-refractivity contribution is -0.0748. The number of amides is 2. The summed E-state index contributed by atoms with van der Waals surface area (Å²) in [5, 5.41) is 17.5. The fourth-order valence-electron chi connectivity index (χ4n) is 5.38. The number of hydrogen-bond acceptors (Lipinski definition) is 9. The second-order valence-corrected chi connectivity index (χ2v) is 10.3. The molecule has 2 aliphatic heterocycles. The molecule has 2 aromatic carbocycles. The number of rotatable bonds is 6. The van der Waals surface area contributed by atoms with E-state index in [0.29, 0.717) is 23.5 Å². The van der Waals surface area contributed by atoms with Gasteiger partial charge in [0.15, 0.2) is 5.69 Å². The molecule has 2 aliphatic rings. The molecule has 4 aromatic rings.